The van der Waals surface area contributed by atoms with E-state index in [2.05, 4.69) is 10.4 Å². The van der Waals surface area contributed by atoms with Crippen LogP contribution in [0.1, 0.15) is 29.8 Å². The minimum Gasteiger partial charge on any atom is -0.480 e. The first-order valence-corrected chi connectivity index (χ1v) is 9.94. The van der Waals surface area contributed by atoms with Gasteiger partial charge in [-0.2, -0.15) is 9.40 Å². The number of amides is 1. The van der Waals surface area contributed by atoms with Crippen molar-refractivity contribution in [3.8, 4) is 0 Å². The van der Waals surface area contributed by atoms with Crippen LogP contribution in [-0.4, -0.2) is 57.1 Å². The molecule has 2 N–H and O–H groups in total. The number of piperidine rings is 1. The smallest absolute Gasteiger partial charge is 0.325 e. The van der Waals surface area contributed by atoms with Gasteiger partial charge in [0, 0.05) is 38.6 Å². The number of aliphatic carboxylic acids is 1. The van der Waals surface area contributed by atoms with E-state index in [4.69, 9.17) is 5.11 Å². The van der Waals surface area contributed by atoms with Crippen LogP contribution >= 0.6 is 0 Å². The summed E-state index contributed by atoms with van der Waals surface area (Å²) in [5.41, 5.74) is 0.165. The van der Waals surface area contributed by atoms with E-state index in [1.807, 2.05) is 0 Å². The quantitative estimate of drug-likeness (QED) is 0.743. The van der Waals surface area contributed by atoms with Crippen LogP contribution in [0.25, 0.3) is 0 Å². The Hall–Kier alpha value is -2.66. The molecule has 2 aromatic rings. The number of rotatable bonds is 6. The third kappa shape index (κ3) is 4.19. The number of carboxylic acid groups (broad SMARTS) is 1. The normalized spacial score (nSPS) is 15.6. The van der Waals surface area contributed by atoms with E-state index < -0.39 is 21.9 Å². The van der Waals surface area contributed by atoms with Gasteiger partial charge >= 0.3 is 5.97 Å². The molecule has 0 spiro atoms. The fourth-order valence-corrected chi connectivity index (χ4v) is 4.58. The number of carboxylic acids is 1. The number of sulfonamides is 1. The minimum absolute atomic E-state index is 0.0773. The molecule has 1 fully saturated rings. The van der Waals surface area contributed by atoms with Crippen molar-refractivity contribution in [1.82, 2.24) is 18.7 Å². The first-order valence-electron chi connectivity index (χ1n) is 8.50. The van der Waals surface area contributed by atoms with Gasteiger partial charge in [0.1, 0.15) is 17.1 Å². The molecular formula is C16H21N5O5S. The maximum atomic E-state index is 12.7. The fraction of sp³-hybridized carbons (Fsp3) is 0.438. The van der Waals surface area contributed by atoms with Gasteiger partial charge in [0.05, 0.1) is 0 Å². The first kappa shape index (κ1) is 19.1. The Morgan fingerprint density at radius 2 is 1.96 bits per heavy atom. The van der Waals surface area contributed by atoms with Crippen molar-refractivity contribution in [2.24, 2.45) is 7.05 Å². The van der Waals surface area contributed by atoms with E-state index >= 15 is 0 Å². The number of anilines is 1. The predicted octanol–water partition coefficient (Wildman–Crippen LogP) is 0.733. The van der Waals surface area contributed by atoms with Crippen LogP contribution in [0.5, 0.6) is 0 Å². The Balaban J connectivity index is 1.76. The summed E-state index contributed by atoms with van der Waals surface area (Å²) in [6.07, 6.45) is 5.53. The third-order valence-electron chi connectivity index (χ3n) is 4.34. The average molecular weight is 395 g/mol. The molecule has 11 heteroatoms. The second kappa shape index (κ2) is 7.53. The molecule has 1 amide bonds. The standard InChI is InChI=1S/C16H21N5O5S/c1-19-10-12(27(25,26)21-6-3-2-4-7-21)9-13(19)16(24)17-14-5-8-20(18-14)11-15(22)23/h5,8-10H,2-4,6-7,11H2,1H3,(H,22,23)(H,17,18,24). The Morgan fingerprint density at radius 1 is 1.26 bits per heavy atom. The van der Waals surface area contributed by atoms with Crippen molar-refractivity contribution >= 4 is 27.7 Å². The molecule has 0 saturated carbocycles. The summed E-state index contributed by atoms with van der Waals surface area (Å²) in [5.74, 6) is -1.40. The highest BCUT2D eigenvalue weighted by Gasteiger charge is 2.28. The number of nitrogens with zero attached hydrogens (tertiary/aromatic N) is 4. The van der Waals surface area contributed by atoms with Gasteiger partial charge in [-0.25, -0.2) is 8.42 Å². The molecule has 27 heavy (non-hydrogen) atoms. The number of aromatic nitrogens is 3. The summed E-state index contributed by atoms with van der Waals surface area (Å²) < 4.78 is 29.6. The van der Waals surface area contributed by atoms with Crippen molar-refractivity contribution in [2.45, 2.75) is 30.7 Å². The monoisotopic (exact) mass is 395 g/mol. The lowest BCUT2D eigenvalue weighted by Gasteiger charge is -2.25. The van der Waals surface area contributed by atoms with Gasteiger partial charge < -0.3 is 15.0 Å². The second-order valence-corrected chi connectivity index (χ2v) is 8.32. The molecule has 0 radical (unpaired) electrons. The average Bonchev–Trinajstić information content (AvgIpc) is 3.22. The van der Waals surface area contributed by atoms with E-state index in [0.29, 0.717) is 13.1 Å². The van der Waals surface area contributed by atoms with Crippen molar-refractivity contribution in [1.29, 1.82) is 0 Å². The number of carbonyl (C=O) groups excluding carboxylic acids is 1. The van der Waals surface area contributed by atoms with Crippen LogP contribution in [0.4, 0.5) is 5.82 Å². The molecular weight excluding hydrogens is 374 g/mol. The zero-order valence-corrected chi connectivity index (χ0v) is 15.6. The molecule has 1 aliphatic heterocycles. The van der Waals surface area contributed by atoms with Crippen LogP contribution in [-0.2, 0) is 28.4 Å². The highest BCUT2D eigenvalue weighted by molar-refractivity contribution is 7.89. The molecule has 1 aliphatic rings. The molecule has 10 nitrogen and oxygen atoms in total. The van der Waals surface area contributed by atoms with E-state index in [9.17, 15) is 18.0 Å². The van der Waals surface area contributed by atoms with Crippen molar-refractivity contribution < 1.29 is 23.1 Å². The van der Waals surface area contributed by atoms with E-state index in [1.54, 1.807) is 7.05 Å². The summed E-state index contributed by atoms with van der Waals surface area (Å²) in [6.45, 7) is 0.651. The van der Waals surface area contributed by atoms with E-state index in [0.717, 1.165) is 19.3 Å². The number of hydrogen-bond donors (Lipinski definition) is 2. The number of nitrogens with one attached hydrogen (secondary N) is 1. The zero-order valence-electron chi connectivity index (χ0n) is 14.8. The molecule has 0 atom stereocenters. The molecule has 1 saturated heterocycles. The third-order valence-corrected chi connectivity index (χ3v) is 6.21. The lowest BCUT2D eigenvalue weighted by molar-refractivity contribution is -0.137. The van der Waals surface area contributed by atoms with Gasteiger partial charge in [-0.15, -0.1) is 0 Å². The molecule has 0 unspecified atom stereocenters. The van der Waals surface area contributed by atoms with Crippen molar-refractivity contribution in [3.63, 3.8) is 0 Å². The van der Waals surface area contributed by atoms with Crippen LogP contribution in [0.15, 0.2) is 29.4 Å². The highest BCUT2D eigenvalue weighted by Crippen LogP contribution is 2.22. The topological polar surface area (TPSA) is 127 Å². The van der Waals surface area contributed by atoms with Gasteiger partial charge in [-0.3, -0.25) is 14.3 Å². The number of aryl methyl sites for hydroxylation is 1. The highest BCUT2D eigenvalue weighted by atomic mass is 32.2. The molecule has 2 aromatic heterocycles. The van der Waals surface area contributed by atoms with E-state index in [1.165, 1.54) is 38.1 Å². The summed E-state index contributed by atoms with van der Waals surface area (Å²) >= 11 is 0. The van der Waals surface area contributed by atoms with Crippen molar-refractivity contribution in [2.75, 3.05) is 18.4 Å². The Labute approximate surface area is 156 Å². The maximum Gasteiger partial charge on any atom is 0.325 e. The first-order chi connectivity index (χ1) is 12.8. The summed E-state index contributed by atoms with van der Waals surface area (Å²) in [4.78, 5) is 23.2. The largest absolute Gasteiger partial charge is 0.480 e. The van der Waals surface area contributed by atoms with Crippen LogP contribution < -0.4 is 5.32 Å². The Morgan fingerprint density at radius 3 is 2.63 bits per heavy atom. The Kier molecular flexibility index (Phi) is 5.33. The molecule has 0 aromatic carbocycles. The SMILES string of the molecule is Cn1cc(S(=O)(=O)N2CCCCC2)cc1C(=O)Nc1ccn(CC(=O)O)n1. The maximum absolute atomic E-state index is 12.7. The van der Waals surface area contributed by atoms with Gasteiger partial charge in [0.2, 0.25) is 10.0 Å². The lowest BCUT2D eigenvalue weighted by atomic mass is 10.2. The van der Waals surface area contributed by atoms with Gasteiger partial charge in [-0.05, 0) is 18.9 Å². The Bertz CT molecular complexity index is 956. The summed E-state index contributed by atoms with van der Waals surface area (Å²) in [6, 6.07) is 2.81. The van der Waals surface area contributed by atoms with Crippen molar-refractivity contribution in [3.05, 3.63) is 30.2 Å². The summed E-state index contributed by atoms with van der Waals surface area (Å²) in [5, 5.41) is 15.2. The predicted molar refractivity (Wildman–Crippen MR) is 95.8 cm³/mol. The van der Waals surface area contributed by atoms with Crippen LogP contribution in [0.2, 0.25) is 0 Å². The molecule has 0 bridgehead atoms. The number of hydrogen-bond acceptors (Lipinski definition) is 5. The van der Waals surface area contributed by atoms with Gasteiger partial charge in [0.25, 0.3) is 5.91 Å². The molecule has 146 valence electrons. The molecule has 3 heterocycles. The van der Waals surface area contributed by atoms with E-state index in [-0.39, 0.29) is 23.0 Å². The van der Waals surface area contributed by atoms with Crippen LogP contribution in [0, 0.1) is 0 Å². The minimum atomic E-state index is -3.63. The second-order valence-electron chi connectivity index (χ2n) is 6.38. The fourth-order valence-electron chi connectivity index (χ4n) is 2.99. The van der Waals surface area contributed by atoms with Gasteiger partial charge in [0.15, 0.2) is 5.82 Å². The lowest BCUT2D eigenvalue weighted by Crippen LogP contribution is -2.35. The number of carbonyl (C=O) groups is 2. The molecule has 3 rings (SSSR count). The molecule has 0 aliphatic carbocycles. The van der Waals surface area contributed by atoms with Crippen LogP contribution in [0.3, 0.4) is 0 Å². The zero-order chi connectivity index (χ0) is 19.6. The van der Waals surface area contributed by atoms with Gasteiger partial charge in [-0.1, -0.05) is 6.42 Å². The summed E-state index contributed by atoms with van der Waals surface area (Å²) in [7, 11) is -2.04.